The number of rotatable bonds is 4. The molecule has 1 heterocycles. The highest BCUT2D eigenvalue weighted by Crippen LogP contribution is 2.41. The number of carbonyl (C=O) groups is 1. The first kappa shape index (κ1) is 21.4. The van der Waals surface area contributed by atoms with Crippen LogP contribution in [0.1, 0.15) is 5.56 Å². The number of nitro groups is 1. The average Bonchev–Trinajstić information content (AvgIpc) is 2.71. The molecule has 164 valence electrons. The molecule has 0 saturated heterocycles. The first-order chi connectivity index (χ1) is 15.0. The van der Waals surface area contributed by atoms with Crippen molar-refractivity contribution in [1.82, 2.24) is 0 Å². The molecule has 32 heavy (non-hydrogen) atoms. The standard InChI is InChI=1S/C21H11ClF3NO6/c22-16-7-10-5-12-6-15(20(27)28)19(21(23,24)25)32-17(12)8-11(10)9-18(16)31-14-3-1-13(2-4-14)26(29)30/h1-9,19H,(H,27,28). The quantitative estimate of drug-likeness (QED) is 0.375. The number of non-ortho nitro benzene ring substituents is 1. The van der Waals surface area contributed by atoms with Crippen LogP contribution in [0, 0.1) is 10.1 Å². The molecule has 0 spiro atoms. The third-order valence-corrected chi connectivity index (χ3v) is 4.97. The second kappa shape index (κ2) is 7.72. The fourth-order valence-electron chi connectivity index (χ4n) is 3.20. The van der Waals surface area contributed by atoms with E-state index >= 15 is 0 Å². The number of halogens is 4. The predicted molar refractivity (Wildman–Crippen MR) is 108 cm³/mol. The summed E-state index contributed by atoms with van der Waals surface area (Å²) in [6.07, 6.45) is -6.59. The molecule has 1 aliphatic rings. The molecular formula is C21H11ClF3NO6. The Kier molecular flexibility index (Phi) is 5.17. The molecule has 1 N–H and O–H groups in total. The molecule has 3 aromatic rings. The van der Waals surface area contributed by atoms with Gasteiger partial charge in [-0.05, 0) is 53.2 Å². The number of hydrogen-bond acceptors (Lipinski definition) is 5. The minimum Gasteiger partial charge on any atom is -0.478 e. The van der Waals surface area contributed by atoms with Crippen LogP contribution < -0.4 is 9.47 Å². The van der Waals surface area contributed by atoms with Gasteiger partial charge in [-0.25, -0.2) is 4.79 Å². The van der Waals surface area contributed by atoms with Crippen LogP contribution in [0.4, 0.5) is 18.9 Å². The molecule has 7 nitrogen and oxygen atoms in total. The maximum Gasteiger partial charge on any atom is 0.430 e. The fraction of sp³-hybridized carbons (Fsp3) is 0.0952. The van der Waals surface area contributed by atoms with Gasteiger partial charge in [-0.2, -0.15) is 13.2 Å². The average molecular weight is 466 g/mol. The molecule has 11 heteroatoms. The van der Waals surface area contributed by atoms with Crippen molar-refractivity contribution in [1.29, 1.82) is 0 Å². The zero-order chi connectivity index (χ0) is 23.2. The van der Waals surface area contributed by atoms with Crippen LogP contribution in [0.3, 0.4) is 0 Å². The molecule has 0 radical (unpaired) electrons. The predicted octanol–water partition coefficient (Wildman–Crippen LogP) is 5.99. The molecule has 4 rings (SSSR count). The van der Waals surface area contributed by atoms with Crippen LogP contribution in [0.2, 0.25) is 5.02 Å². The van der Waals surface area contributed by atoms with Crippen LogP contribution >= 0.6 is 11.6 Å². The Morgan fingerprint density at radius 3 is 2.38 bits per heavy atom. The summed E-state index contributed by atoms with van der Waals surface area (Å²) in [5, 5.41) is 21.0. The highest BCUT2D eigenvalue weighted by Gasteiger charge is 2.48. The highest BCUT2D eigenvalue weighted by molar-refractivity contribution is 6.33. The zero-order valence-corrected chi connectivity index (χ0v) is 16.5. The number of nitrogens with zero attached hydrogens (tertiary/aromatic N) is 1. The van der Waals surface area contributed by atoms with Gasteiger partial charge in [0.1, 0.15) is 17.2 Å². The molecule has 0 aliphatic carbocycles. The lowest BCUT2D eigenvalue weighted by Gasteiger charge is -2.27. The maximum absolute atomic E-state index is 13.3. The van der Waals surface area contributed by atoms with Crippen molar-refractivity contribution in [3.8, 4) is 17.2 Å². The highest BCUT2D eigenvalue weighted by atomic mass is 35.5. The lowest BCUT2D eigenvalue weighted by atomic mass is 9.98. The second-order valence-electron chi connectivity index (χ2n) is 6.82. The van der Waals surface area contributed by atoms with Gasteiger partial charge in [-0.15, -0.1) is 0 Å². The SMILES string of the molecule is O=C(O)C1=Cc2cc3cc(Cl)c(Oc4ccc([N+](=O)[O-])cc4)cc3cc2OC1C(F)(F)F. The Bertz CT molecular complexity index is 1290. The smallest absolute Gasteiger partial charge is 0.430 e. The summed E-state index contributed by atoms with van der Waals surface area (Å²) in [6, 6.07) is 11.0. The van der Waals surface area contributed by atoms with Gasteiger partial charge in [0.05, 0.1) is 15.5 Å². The number of carboxylic acids is 1. The lowest BCUT2D eigenvalue weighted by Crippen LogP contribution is -2.40. The first-order valence-electron chi connectivity index (χ1n) is 8.91. The van der Waals surface area contributed by atoms with Gasteiger partial charge in [-0.1, -0.05) is 11.6 Å². The molecule has 0 fully saturated rings. The van der Waals surface area contributed by atoms with E-state index in [4.69, 9.17) is 26.2 Å². The summed E-state index contributed by atoms with van der Waals surface area (Å²) in [7, 11) is 0. The normalized spacial score (nSPS) is 15.5. The molecule has 0 bridgehead atoms. The first-order valence-corrected chi connectivity index (χ1v) is 9.28. The van der Waals surface area contributed by atoms with Crippen molar-refractivity contribution < 1.29 is 37.5 Å². The number of aliphatic carboxylic acids is 1. The number of ether oxygens (including phenoxy) is 2. The van der Waals surface area contributed by atoms with Crippen LogP contribution in [0.5, 0.6) is 17.2 Å². The molecule has 3 aromatic carbocycles. The Balaban J connectivity index is 1.73. The van der Waals surface area contributed by atoms with Gasteiger partial charge >= 0.3 is 12.1 Å². The van der Waals surface area contributed by atoms with E-state index in [1.54, 1.807) is 0 Å². The van der Waals surface area contributed by atoms with E-state index in [0.29, 0.717) is 10.8 Å². The van der Waals surface area contributed by atoms with Gasteiger partial charge in [0.15, 0.2) is 0 Å². The second-order valence-corrected chi connectivity index (χ2v) is 7.22. The van der Waals surface area contributed by atoms with Crippen LogP contribution in [0.25, 0.3) is 16.8 Å². The molecular weight excluding hydrogens is 455 g/mol. The van der Waals surface area contributed by atoms with Crippen molar-refractivity contribution in [2.45, 2.75) is 12.3 Å². The van der Waals surface area contributed by atoms with Crippen molar-refractivity contribution in [3.05, 3.63) is 74.8 Å². The zero-order valence-electron chi connectivity index (χ0n) is 15.7. The molecule has 1 atom stereocenters. The van der Waals surface area contributed by atoms with Crippen molar-refractivity contribution in [2.24, 2.45) is 0 Å². The summed E-state index contributed by atoms with van der Waals surface area (Å²) < 4.78 is 50.5. The summed E-state index contributed by atoms with van der Waals surface area (Å²) in [4.78, 5) is 21.5. The summed E-state index contributed by atoms with van der Waals surface area (Å²) >= 11 is 6.26. The third-order valence-electron chi connectivity index (χ3n) is 4.68. The van der Waals surface area contributed by atoms with Gasteiger partial charge < -0.3 is 14.6 Å². The summed E-state index contributed by atoms with van der Waals surface area (Å²) in [5.41, 5.74) is -0.886. The molecule has 0 aromatic heterocycles. The van der Waals surface area contributed by atoms with E-state index in [0.717, 1.165) is 6.08 Å². The van der Waals surface area contributed by atoms with E-state index in [1.165, 1.54) is 48.5 Å². The third kappa shape index (κ3) is 4.04. The molecule has 1 aliphatic heterocycles. The minimum absolute atomic E-state index is 0.126. The Hall–Kier alpha value is -3.79. The molecule has 1 unspecified atom stereocenters. The maximum atomic E-state index is 13.3. The molecule has 0 amide bonds. The van der Waals surface area contributed by atoms with Crippen LogP contribution in [-0.4, -0.2) is 28.3 Å². The number of nitro benzene ring substituents is 1. The number of benzene rings is 3. The van der Waals surface area contributed by atoms with Crippen molar-refractivity contribution in [2.75, 3.05) is 0 Å². The van der Waals surface area contributed by atoms with E-state index < -0.39 is 28.7 Å². The van der Waals surface area contributed by atoms with Gasteiger partial charge in [0, 0.05) is 17.7 Å². The monoisotopic (exact) mass is 465 g/mol. The van der Waals surface area contributed by atoms with Gasteiger partial charge in [0.25, 0.3) is 5.69 Å². The van der Waals surface area contributed by atoms with Gasteiger partial charge in [-0.3, -0.25) is 10.1 Å². The van der Waals surface area contributed by atoms with Crippen LogP contribution in [-0.2, 0) is 4.79 Å². The Morgan fingerprint density at radius 2 is 1.78 bits per heavy atom. The minimum atomic E-state index is -4.92. The van der Waals surface area contributed by atoms with E-state index in [9.17, 15) is 28.1 Å². The number of fused-ring (bicyclic) bond motifs is 2. The topological polar surface area (TPSA) is 98.9 Å². The van der Waals surface area contributed by atoms with Crippen LogP contribution in [0.15, 0.2) is 54.1 Å². The number of carboxylic acid groups (broad SMARTS) is 1. The Labute approximate surface area is 182 Å². The fourth-order valence-corrected chi connectivity index (χ4v) is 3.42. The number of hydrogen-bond donors (Lipinski definition) is 1. The molecule has 0 saturated carbocycles. The van der Waals surface area contributed by atoms with E-state index in [1.807, 2.05) is 0 Å². The van der Waals surface area contributed by atoms with E-state index in [-0.39, 0.29) is 33.5 Å². The Morgan fingerprint density at radius 1 is 1.12 bits per heavy atom. The van der Waals surface area contributed by atoms with Crippen molar-refractivity contribution >= 4 is 40.1 Å². The summed E-state index contributed by atoms with van der Waals surface area (Å²) in [5.74, 6) is -1.45. The van der Waals surface area contributed by atoms with E-state index in [2.05, 4.69) is 0 Å². The largest absolute Gasteiger partial charge is 0.478 e. The van der Waals surface area contributed by atoms with Gasteiger partial charge in [0.2, 0.25) is 6.10 Å². The number of alkyl halides is 3. The lowest BCUT2D eigenvalue weighted by molar-refractivity contribution is -0.384. The summed E-state index contributed by atoms with van der Waals surface area (Å²) in [6.45, 7) is 0. The van der Waals surface area contributed by atoms with Crippen molar-refractivity contribution in [3.63, 3.8) is 0 Å².